The van der Waals surface area contributed by atoms with Gasteiger partial charge in [0.25, 0.3) is 0 Å². The maximum atomic E-state index is 12.0. The van der Waals surface area contributed by atoms with E-state index in [0.29, 0.717) is 30.1 Å². The fourth-order valence-electron chi connectivity index (χ4n) is 8.06. The minimum absolute atomic E-state index is 0.105. The number of aliphatic hydroxyl groups is 2. The molecule has 4 nitrogen and oxygen atoms in total. The van der Waals surface area contributed by atoms with Crippen LogP contribution in [0.15, 0.2) is 23.8 Å². The zero-order valence-corrected chi connectivity index (χ0v) is 16.3. The molecule has 0 saturated heterocycles. The fourth-order valence-corrected chi connectivity index (χ4v) is 8.06. The minimum atomic E-state index is -0.764. The zero-order chi connectivity index (χ0) is 18.8. The van der Waals surface area contributed by atoms with Crippen molar-refractivity contribution in [2.24, 2.45) is 35.0 Å². The number of hydrogen-bond acceptors (Lipinski definition) is 4. The van der Waals surface area contributed by atoms with Crippen LogP contribution >= 0.6 is 0 Å². The number of ketones is 1. The molecule has 2 N–H and O–H groups in total. The van der Waals surface area contributed by atoms with Crippen molar-refractivity contribution >= 4 is 5.78 Å². The number of aliphatic hydroxyl groups excluding tert-OH is 2. The molecule has 0 amide bonds. The monoisotopic (exact) mass is 372 g/mol. The second-order valence-electron chi connectivity index (χ2n) is 9.65. The second-order valence-corrected chi connectivity index (χ2v) is 9.65. The van der Waals surface area contributed by atoms with Gasteiger partial charge in [0, 0.05) is 24.4 Å². The lowest BCUT2D eigenvalue weighted by molar-refractivity contribution is -0.189. The van der Waals surface area contributed by atoms with Gasteiger partial charge < -0.3 is 14.9 Å². The summed E-state index contributed by atoms with van der Waals surface area (Å²) < 4.78 is 6.17. The lowest BCUT2D eigenvalue weighted by atomic mass is 9.48. The molecule has 5 aliphatic rings. The SMILES string of the molecule is CC[C@]12CCC3C(C[C@@H](CO)C4=CC(=O)CC[C@@H]43)C1CC[C@@]21C=CC(O)O1. The summed E-state index contributed by atoms with van der Waals surface area (Å²) in [7, 11) is 0. The van der Waals surface area contributed by atoms with Gasteiger partial charge in [0.2, 0.25) is 0 Å². The Balaban J connectivity index is 1.51. The van der Waals surface area contributed by atoms with Crippen LogP contribution in [0.4, 0.5) is 0 Å². The van der Waals surface area contributed by atoms with Gasteiger partial charge in [0.15, 0.2) is 12.1 Å². The van der Waals surface area contributed by atoms with Crippen LogP contribution in [-0.4, -0.2) is 34.5 Å². The molecule has 3 fully saturated rings. The van der Waals surface area contributed by atoms with Gasteiger partial charge in [-0.1, -0.05) is 18.6 Å². The molecule has 4 heteroatoms. The highest BCUT2D eigenvalue weighted by Gasteiger charge is 2.65. The van der Waals surface area contributed by atoms with Crippen LogP contribution in [0.5, 0.6) is 0 Å². The number of hydrogen-bond donors (Lipinski definition) is 2. The summed E-state index contributed by atoms with van der Waals surface area (Å²) in [5, 5.41) is 20.2. The van der Waals surface area contributed by atoms with Crippen LogP contribution in [0, 0.1) is 35.0 Å². The number of rotatable bonds is 2. The summed E-state index contributed by atoms with van der Waals surface area (Å²) in [5.74, 6) is 2.70. The third-order valence-electron chi connectivity index (χ3n) is 9.08. The molecule has 0 aromatic rings. The van der Waals surface area contributed by atoms with Gasteiger partial charge in [-0.05, 0) is 80.8 Å². The van der Waals surface area contributed by atoms with Crippen molar-refractivity contribution in [3.63, 3.8) is 0 Å². The van der Waals surface area contributed by atoms with Gasteiger partial charge in [-0.3, -0.25) is 4.79 Å². The Bertz CT molecular complexity index is 696. The molecule has 4 unspecified atom stereocenters. The van der Waals surface area contributed by atoms with E-state index in [1.165, 1.54) is 12.0 Å². The summed E-state index contributed by atoms with van der Waals surface area (Å²) in [6.07, 6.45) is 13.3. The largest absolute Gasteiger partial charge is 0.396 e. The molecule has 1 aliphatic heterocycles. The maximum absolute atomic E-state index is 12.0. The summed E-state index contributed by atoms with van der Waals surface area (Å²) in [5.41, 5.74) is 1.05. The summed E-state index contributed by atoms with van der Waals surface area (Å²) in [6.45, 7) is 2.45. The molecule has 1 spiro atoms. The lowest BCUT2D eigenvalue weighted by Crippen LogP contribution is -2.55. The Morgan fingerprint density at radius 3 is 2.78 bits per heavy atom. The predicted molar refractivity (Wildman–Crippen MR) is 102 cm³/mol. The summed E-state index contributed by atoms with van der Waals surface area (Å²) >= 11 is 0. The highest BCUT2D eigenvalue weighted by Crippen LogP contribution is 2.68. The second kappa shape index (κ2) is 6.27. The molecular weight excluding hydrogens is 340 g/mol. The normalized spacial score (nSPS) is 51.1. The molecule has 4 aliphatic carbocycles. The third-order valence-corrected chi connectivity index (χ3v) is 9.08. The van der Waals surface area contributed by atoms with E-state index in [1.54, 1.807) is 0 Å². The van der Waals surface area contributed by atoms with Crippen molar-refractivity contribution < 1.29 is 19.7 Å². The van der Waals surface area contributed by atoms with E-state index < -0.39 is 6.29 Å². The molecule has 3 saturated carbocycles. The zero-order valence-electron chi connectivity index (χ0n) is 16.3. The topological polar surface area (TPSA) is 66.8 Å². The molecule has 148 valence electrons. The van der Waals surface area contributed by atoms with Crippen LogP contribution in [0.3, 0.4) is 0 Å². The van der Waals surface area contributed by atoms with E-state index in [9.17, 15) is 15.0 Å². The van der Waals surface area contributed by atoms with E-state index in [0.717, 1.165) is 38.5 Å². The quantitative estimate of drug-likeness (QED) is 0.729. The Hall–Kier alpha value is -0.970. The molecule has 27 heavy (non-hydrogen) atoms. The van der Waals surface area contributed by atoms with E-state index >= 15 is 0 Å². The summed E-state index contributed by atoms with van der Waals surface area (Å²) in [4.78, 5) is 12.0. The van der Waals surface area contributed by atoms with E-state index in [1.807, 2.05) is 12.2 Å². The van der Waals surface area contributed by atoms with Crippen molar-refractivity contribution in [1.29, 1.82) is 0 Å². The number of carbonyl (C=O) groups excluding carboxylic acids is 1. The molecule has 0 bridgehead atoms. The Morgan fingerprint density at radius 2 is 2.07 bits per heavy atom. The first-order valence-corrected chi connectivity index (χ1v) is 10.9. The van der Waals surface area contributed by atoms with Crippen LogP contribution in [0.25, 0.3) is 0 Å². The van der Waals surface area contributed by atoms with Gasteiger partial charge >= 0.3 is 0 Å². The Morgan fingerprint density at radius 1 is 1.22 bits per heavy atom. The number of fused-ring (bicyclic) bond motifs is 6. The molecule has 0 aromatic carbocycles. The smallest absolute Gasteiger partial charge is 0.175 e. The van der Waals surface area contributed by atoms with Crippen molar-refractivity contribution in [2.45, 2.75) is 70.2 Å². The van der Waals surface area contributed by atoms with Crippen molar-refractivity contribution in [3.8, 4) is 0 Å². The van der Waals surface area contributed by atoms with E-state index in [4.69, 9.17) is 4.74 Å². The van der Waals surface area contributed by atoms with Gasteiger partial charge in [0.1, 0.15) is 0 Å². The third kappa shape index (κ3) is 2.36. The standard InChI is InChI=1S/C23H32O4/c1-2-22-8-5-17-16-4-3-15(25)12-18(16)14(13-24)11-19(17)20(22)6-9-23(22)10-7-21(26)27-23/h7,10,12,14,16-17,19-21,24,26H,2-6,8-9,11,13H2,1H3/t14-,16+,17?,19?,20?,21?,22-,23+/m0/s1. The maximum Gasteiger partial charge on any atom is 0.175 e. The molecule has 0 aromatic heterocycles. The highest BCUT2D eigenvalue weighted by atomic mass is 16.6. The molecule has 1 heterocycles. The first-order chi connectivity index (χ1) is 13.0. The average molecular weight is 373 g/mol. The van der Waals surface area contributed by atoms with Crippen molar-refractivity contribution in [3.05, 3.63) is 23.8 Å². The van der Waals surface area contributed by atoms with Crippen molar-refractivity contribution in [2.75, 3.05) is 6.61 Å². The van der Waals surface area contributed by atoms with Crippen molar-refractivity contribution in [1.82, 2.24) is 0 Å². The minimum Gasteiger partial charge on any atom is -0.396 e. The van der Waals surface area contributed by atoms with Crippen LogP contribution in [0.2, 0.25) is 0 Å². The fraction of sp³-hybridized carbons (Fsp3) is 0.783. The van der Waals surface area contributed by atoms with Gasteiger partial charge in [-0.2, -0.15) is 0 Å². The Kier molecular flexibility index (Phi) is 4.20. The first-order valence-electron chi connectivity index (χ1n) is 10.9. The Labute approximate surface area is 161 Å². The molecule has 8 atom stereocenters. The number of carbonyl (C=O) groups is 1. The molecule has 0 radical (unpaired) electrons. The van der Waals surface area contributed by atoms with Crippen LogP contribution in [0.1, 0.15) is 58.3 Å². The predicted octanol–water partition coefficient (Wildman–Crippen LogP) is 3.38. The van der Waals surface area contributed by atoms with Crippen LogP contribution in [-0.2, 0) is 9.53 Å². The summed E-state index contributed by atoms with van der Waals surface area (Å²) in [6, 6.07) is 0. The molecule has 5 rings (SSSR count). The average Bonchev–Trinajstić information content (AvgIpc) is 3.22. The van der Waals surface area contributed by atoms with E-state index in [2.05, 4.69) is 13.0 Å². The number of ether oxygens (including phenoxy) is 1. The first kappa shape index (κ1) is 18.1. The van der Waals surface area contributed by atoms with Gasteiger partial charge in [0.05, 0.1) is 5.60 Å². The van der Waals surface area contributed by atoms with Crippen LogP contribution < -0.4 is 0 Å². The van der Waals surface area contributed by atoms with Gasteiger partial charge in [-0.15, -0.1) is 0 Å². The van der Waals surface area contributed by atoms with E-state index in [-0.39, 0.29) is 29.3 Å². The highest BCUT2D eigenvalue weighted by molar-refractivity contribution is 5.91. The molecular formula is C23H32O4. The lowest BCUT2D eigenvalue weighted by Gasteiger charge is -2.58. The van der Waals surface area contributed by atoms with Gasteiger partial charge in [-0.25, -0.2) is 0 Å².